The maximum atomic E-state index is 11.8. The van der Waals surface area contributed by atoms with Crippen LogP contribution in [0.25, 0.3) is 0 Å². The predicted octanol–water partition coefficient (Wildman–Crippen LogP) is 1.66. The fraction of sp³-hybridized carbons (Fsp3) is 0.200. The number of hydrogen-bond acceptors (Lipinski definition) is 2. The van der Waals surface area contributed by atoms with Gasteiger partial charge < -0.3 is 10.3 Å². The number of aryl methyl sites for hydroxylation is 1. The lowest BCUT2D eigenvalue weighted by molar-refractivity contribution is 0.0952. The number of aromatic nitrogens is 1. The minimum Gasteiger partial charge on any atom is -0.367 e. The summed E-state index contributed by atoms with van der Waals surface area (Å²) in [5.74, 6) is -0.338. The standard InChI is InChI=1S/C15H16N2O2/c1-11-4-2-3-5-12(11)6-9-17-15(19)13-10-16-8-7-14(13)18/h2-5,7-8,10H,6,9H2,1H3,(H,16,18)(H,17,19). The molecule has 4 nitrogen and oxygen atoms in total. The lowest BCUT2D eigenvalue weighted by Crippen LogP contribution is -2.30. The second kappa shape index (κ2) is 6.00. The topological polar surface area (TPSA) is 62.0 Å². The van der Waals surface area contributed by atoms with Crippen LogP contribution in [0.4, 0.5) is 0 Å². The van der Waals surface area contributed by atoms with Crippen LogP contribution in [0.2, 0.25) is 0 Å². The second-order valence-corrected chi connectivity index (χ2v) is 4.35. The number of amides is 1. The Morgan fingerprint density at radius 3 is 2.79 bits per heavy atom. The summed E-state index contributed by atoms with van der Waals surface area (Å²) in [4.78, 5) is 26.0. The van der Waals surface area contributed by atoms with Crippen LogP contribution < -0.4 is 10.7 Å². The van der Waals surface area contributed by atoms with E-state index in [2.05, 4.69) is 10.3 Å². The number of nitrogens with one attached hydrogen (secondary N) is 2. The Morgan fingerprint density at radius 1 is 1.26 bits per heavy atom. The van der Waals surface area contributed by atoms with Gasteiger partial charge in [-0.05, 0) is 24.5 Å². The van der Waals surface area contributed by atoms with Crippen molar-refractivity contribution in [2.24, 2.45) is 0 Å². The Morgan fingerprint density at radius 2 is 2.05 bits per heavy atom. The maximum absolute atomic E-state index is 11.8. The van der Waals surface area contributed by atoms with Crippen molar-refractivity contribution in [2.45, 2.75) is 13.3 Å². The largest absolute Gasteiger partial charge is 0.367 e. The van der Waals surface area contributed by atoms with E-state index in [1.54, 1.807) is 0 Å². The molecule has 0 atom stereocenters. The van der Waals surface area contributed by atoms with Gasteiger partial charge in [-0.2, -0.15) is 0 Å². The van der Waals surface area contributed by atoms with Crippen LogP contribution in [-0.4, -0.2) is 17.4 Å². The van der Waals surface area contributed by atoms with Crippen LogP contribution in [0.5, 0.6) is 0 Å². The highest BCUT2D eigenvalue weighted by atomic mass is 16.2. The number of pyridine rings is 1. The number of carbonyl (C=O) groups excluding carboxylic acids is 1. The summed E-state index contributed by atoms with van der Waals surface area (Å²) in [7, 11) is 0. The molecule has 2 aromatic rings. The molecule has 0 bridgehead atoms. The van der Waals surface area contributed by atoms with Crippen molar-refractivity contribution in [3.8, 4) is 0 Å². The van der Waals surface area contributed by atoms with Crippen LogP contribution in [0.3, 0.4) is 0 Å². The van der Waals surface area contributed by atoms with Gasteiger partial charge in [-0.1, -0.05) is 24.3 Å². The van der Waals surface area contributed by atoms with Crippen LogP contribution in [0.15, 0.2) is 47.5 Å². The fourth-order valence-electron chi connectivity index (χ4n) is 1.89. The number of carbonyl (C=O) groups is 1. The molecule has 1 amide bonds. The summed E-state index contributed by atoms with van der Waals surface area (Å²) >= 11 is 0. The highest BCUT2D eigenvalue weighted by Gasteiger charge is 2.08. The van der Waals surface area contributed by atoms with Crippen LogP contribution >= 0.6 is 0 Å². The molecule has 0 saturated heterocycles. The highest BCUT2D eigenvalue weighted by molar-refractivity contribution is 5.93. The summed E-state index contributed by atoms with van der Waals surface area (Å²) in [5.41, 5.74) is 2.28. The molecule has 0 aliphatic heterocycles. The molecule has 0 unspecified atom stereocenters. The lowest BCUT2D eigenvalue weighted by Gasteiger charge is -2.07. The molecule has 0 saturated carbocycles. The van der Waals surface area contributed by atoms with Crippen molar-refractivity contribution in [1.82, 2.24) is 10.3 Å². The molecule has 4 heteroatoms. The first-order valence-electron chi connectivity index (χ1n) is 6.18. The zero-order valence-electron chi connectivity index (χ0n) is 10.8. The highest BCUT2D eigenvalue weighted by Crippen LogP contribution is 2.06. The molecule has 0 aliphatic carbocycles. The predicted molar refractivity (Wildman–Crippen MR) is 74.3 cm³/mol. The lowest BCUT2D eigenvalue weighted by atomic mass is 10.1. The molecule has 98 valence electrons. The van der Waals surface area contributed by atoms with Gasteiger partial charge >= 0.3 is 0 Å². The van der Waals surface area contributed by atoms with Crippen molar-refractivity contribution >= 4 is 5.91 Å². The molecular weight excluding hydrogens is 240 g/mol. The minimum absolute atomic E-state index is 0.146. The first kappa shape index (κ1) is 13.1. The first-order chi connectivity index (χ1) is 9.18. The number of rotatable bonds is 4. The van der Waals surface area contributed by atoms with Gasteiger partial charge in [-0.3, -0.25) is 9.59 Å². The Hall–Kier alpha value is -2.36. The molecule has 1 heterocycles. The zero-order chi connectivity index (χ0) is 13.7. The van der Waals surface area contributed by atoms with Crippen molar-refractivity contribution in [1.29, 1.82) is 0 Å². The van der Waals surface area contributed by atoms with Gasteiger partial charge in [0, 0.05) is 25.0 Å². The van der Waals surface area contributed by atoms with Crippen molar-refractivity contribution in [3.05, 3.63) is 69.6 Å². The quantitative estimate of drug-likeness (QED) is 0.873. The Kier molecular flexibility index (Phi) is 4.13. The van der Waals surface area contributed by atoms with Crippen LogP contribution in [-0.2, 0) is 6.42 Å². The molecule has 0 radical (unpaired) electrons. The van der Waals surface area contributed by atoms with Crippen molar-refractivity contribution in [3.63, 3.8) is 0 Å². The van der Waals surface area contributed by atoms with Crippen molar-refractivity contribution in [2.75, 3.05) is 6.54 Å². The minimum atomic E-state index is -0.338. The molecule has 0 aliphatic rings. The summed E-state index contributed by atoms with van der Waals surface area (Å²) < 4.78 is 0. The van der Waals surface area contributed by atoms with E-state index in [0.717, 1.165) is 6.42 Å². The zero-order valence-corrected chi connectivity index (χ0v) is 10.8. The smallest absolute Gasteiger partial charge is 0.256 e. The van der Waals surface area contributed by atoms with Gasteiger partial charge in [0.1, 0.15) is 5.56 Å². The molecule has 2 N–H and O–H groups in total. The van der Waals surface area contributed by atoms with Gasteiger partial charge in [-0.25, -0.2) is 0 Å². The van der Waals surface area contributed by atoms with Crippen LogP contribution in [0, 0.1) is 6.92 Å². The Balaban J connectivity index is 1.94. The fourth-order valence-corrected chi connectivity index (χ4v) is 1.89. The molecule has 19 heavy (non-hydrogen) atoms. The van der Waals surface area contributed by atoms with E-state index in [9.17, 15) is 9.59 Å². The normalized spacial score (nSPS) is 10.2. The van der Waals surface area contributed by atoms with E-state index in [-0.39, 0.29) is 16.9 Å². The molecular formula is C15H16N2O2. The van der Waals surface area contributed by atoms with E-state index in [0.29, 0.717) is 6.54 Å². The maximum Gasteiger partial charge on any atom is 0.256 e. The van der Waals surface area contributed by atoms with Crippen molar-refractivity contribution < 1.29 is 4.79 Å². The summed E-state index contributed by atoms with van der Waals surface area (Å²) in [5, 5.41) is 2.76. The SMILES string of the molecule is Cc1ccccc1CCNC(=O)c1c[nH]ccc1=O. The average Bonchev–Trinajstić information content (AvgIpc) is 2.41. The first-order valence-corrected chi connectivity index (χ1v) is 6.18. The summed E-state index contributed by atoms with van der Waals surface area (Å²) in [6.07, 6.45) is 3.68. The Bertz CT molecular complexity index is 632. The van der Waals surface area contributed by atoms with Crippen LogP contribution in [0.1, 0.15) is 21.5 Å². The third kappa shape index (κ3) is 3.31. The molecule has 2 rings (SSSR count). The summed E-state index contributed by atoms with van der Waals surface area (Å²) in [6.45, 7) is 2.55. The van der Waals surface area contributed by atoms with E-state index in [1.807, 2.05) is 31.2 Å². The molecule has 1 aromatic carbocycles. The molecule has 0 fully saturated rings. The van der Waals surface area contributed by atoms with Gasteiger partial charge in [0.05, 0.1) is 0 Å². The van der Waals surface area contributed by atoms with Gasteiger partial charge in [0.25, 0.3) is 5.91 Å². The Labute approximate surface area is 111 Å². The molecule has 0 spiro atoms. The average molecular weight is 256 g/mol. The summed E-state index contributed by atoms with van der Waals surface area (Å²) in [6, 6.07) is 9.39. The number of benzene rings is 1. The van der Waals surface area contributed by atoms with E-state index in [1.165, 1.54) is 29.6 Å². The van der Waals surface area contributed by atoms with Gasteiger partial charge in [0.2, 0.25) is 0 Å². The van der Waals surface area contributed by atoms with E-state index < -0.39 is 0 Å². The number of H-pyrrole nitrogens is 1. The van der Waals surface area contributed by atoms with Gasteiger partial charge in [0.15, 0.2) is 5.43 Å². The van der Waals surface area contributed by atoms with E-state index >= 15 is 0 Å². The van der Waals surface area contributed by atoms with E-state index in [4.69, 9.17) is 0 Å². The van der Waals surface area contributed by atoms with Gasteiger partial charge in [-0.15, -0.1) is 0 Å². The number of aromatic amines is 1. The third-order valence-corrected chi connectivity index (χ3v) is 3.01. The second-order valence-electron chi connectivity index (χ2n) is 4.35. The molecule has 1 aromatic heterocycles. The number of hydrogen-bond donors (Lipinski definition) is 2. The third-order valence-electron chi connectivity index (χ3n) is 3.01. The monoisotopic (exact) mass is 256 g/mol.